The maximum atomic E-state index is 12.6. The van der Waals surface area contributed by atoms with Gasteiger partial charge in [0.05, 0.1) is 30.4 Å². The van der Waals surface area contributed by atoms with Gasteiger partial charge in [-0.2, -0.15) is 0 Å². The summed E-state index contributed by atoms with van der Waals surface area (Å²) in [4.78, 5) is 44.3. The molecule has 1 unspecified atom stereocenters. The van der Waals surface area contributed by atoms with Crippen LogP contribution in [0.4, 0.5) is 4.79 Å². The molecular weight excluding hydrogens is 352 g/mol. The van der Waals surface area contributed by atoms with E-state index in [1.54, 1.807) is 58.9 Å². The van der Waals surface area contributed by atoms with Crippen LogP contribution in [0.5, 0.6) is 0 Å². The molecule has 2 heterocycles. The summed E-state index contributed by atoms with van der Waals surface area (Å²) in [6.07, 6.45) is -0.541. The van der Waals surface area contributed by atoms with E-state index >= 15 is 0 Å². The standard InChI is InChI=1S/C19H24N2O6/c1-18(2,3)27-17(24)20-12(10-25-19(20,4)5)11-26-21-15(22)13-8-6-7-9-14(13)16(21)23/h6-9,12H,10-11H2,1-5H3. The molecule has 1 fully saturated rings. The number of carbonyl (C=O) groups is 3. The van der Waals surface area contributed by atoms with Gasteiger partial charge >= 0.3 is 6.09 Å². The van der Waals surface area contributed by atoms with Crippen LogP contribution in [0.25, 0.3) is 0 Å². The Hall–Kier alpha value is -2.45. The molecule has 1 atom stereocenters. The Morgan fingerprint density at radius 1 is 1.19 bits per heavy atom. The van der Waals surface area contributed by atoms with Gasteiger partial charge in [0.1, 0.15) is 11.3 Å². The minimum Gasteiger partial charge on any atom is -0.444 e. The van der Waals surface area contributed by atoms with Crippen LogP contribution >= 0.6 is 0 Å². The summed E-state index contributed by atoms with van der Waals surface area (Å²) < 4.78 is 11.1. The number of amides is 3. The summed E-state index contributed by atoms with van der Waals surface area (Å²) in [5.41, 5.74) is -0.953. The Morgan fingerprint density at radius 3 is 2.26 bits per heavy atom. The monoisotopic (exact) mass is 376 g/mol. The molecule has 0 spiro atoms. The van der Waals surface area contributed by atoms with Gasteiger partial charge in [-0.1, -0.05) is 12.1 Å². The lowest BCUT2D eigenvalue weighted by atomic mass is 10.1. The molecule has 3 rings (SSSR count). The number of rotatable bonds is 3. The summed E-state index contributed by atoms with van der Waals surface area (Å²) in [5.74, 6) is -1.03. The second-order valence-electron chi connectivity index (χ2n) is 8.01. The maximum absolute atomic E-state index is 12.6. The summed E-state index contributed by atoms with van der Waals surface area (Å²) in [5, 5.41) is 0.739. The first-order valence-electron chi connectivity index (χ1n) is 8.78. The summed E-state index contributed by atoms with van der Waals surface area (Å²) in [6, 6.07) is 6.02. The van der Waals surface area contributed by atoms with E-state index in [1.807, 2.05) is 0 Å². The molecule has 8 heteroatoms. The third-order valence-corrected chi connectivity index (χ3v) is 4.32. The van der Waals surface area contributed by atoms with Crippen molar-refractivity contribution in [3.8, 4) is 0 Å². The number of ether oxygens (including phenoxy) is 2. The van der Waals surface area contributed by atoms with Crippen LogP contribution < -0.4 is 0 Å². The largest absolute Gasteiger partial charge is 0.444 e. The van der Waals surface area contributed by atoms with Crippen LogP contribution in [-0.2, 0) is 14.3 Å². The van der Waals surface area contributed by atoms with E-state index in [1.165, 1.54) is 4.90 Å². The number of hydrogen-bond donors (Lipinski definition) is 0. The van der Waals surface area contributed by atoms with Crippen molar-refractivity contribution in [3.63, 3.8) is 0 Å². The van der Waals surface area contributed by atoms with Gasteiger partial charge in [-0.25, -0.2) is 4.79 Å². The lowest BCUT2D eigenvalue weighted by molar-refractivity contribution is -0.109. The lowest BCUT2D eigenvalue weighted by Gasteiger charge is -2.35. The number of benzene rings is 1. The molecule has 0 aromatic heterocycles. The third-order valence-electron chi connectivity index (χ3n) is 4.32. The Morgan fingerprint density at radius 2 is 1.74 bits per heavy atom. The van der Waals surface area contributed by atoms with E-state index in [-0.39, 0.29) is 13.2 Å². The second kappa shape index (κ2) is 6.61. The van der Waals surface area contributed by atoms with Gasteiger partial charge in [0.2, 0.25) is 0 Å². The zero-order valence-corrected chi connectivity index (χ0v) is 16.1. The molecule has 0 bridgehead atoms. The van der Waals surface area contributed by atoms with Gasteiger partial charge in [-0.05, 0) is 46.8 Å². The average Bonchev–Trinajstić information content (AvgIpc) is 2.99. The van der Waals surface area contributed by atoms with Crippen LogP contribution in [0.15, 0.2) is 24.3 Å². The van der Waals surface area contributed by atoms with Crippen LogP contribution in [0.2, 0.25) is 0 Å². The zero-order chi connectivity index (χ0) is 20.0. The number of nitrogens with zero attached hydrogens (tertiary/aromatic N) is 2. The van der Waals surface area contributed by atoms with Crippen molar-refractivity contribution in [1.29, 1.82) is 0 Å². The van der Waals surface area contributed by atoms with Crippen molar-refractivity contribution in [2.75, 3.05) is 13.2 Å². The van der Waals surface area contributed by atoms with Crippen molar-refractivity contribution < 1.29 is 28.7 Å². The van der Waals surface area contributed by atoms with E-state index in [4.69, 9.17) is 14.3 Å². The minimum absolute atomic E-state index is 0.0753. The molecule has 0 aliphatic carbocycles. The minimum atomic E-state index is -0.891. The van der Waals surface area contributed by atoms with Crippen LogP contribution in [0.1, 0.15) is 55.3 Å². The first-order valence-corrected chi connectivity index (χ1v) is 8.78. The van der Waals surface area contributed by atoms with Crippen LogP contribution in [0, 0.1) is 0 Å². The molecule has 27 heavy (non-hydrogen) atoms. The molecule has 146 valence electrons. The molecule has 2 aliphatic heterocycles. The fourth-order valence-corrected chi connectivity index (χ4v) is 3.13. The van der Waals surface area contributed by atoms with Crippen molar-refractivity contribution in [2.24, 2.45) is 0 Å². The number of hydroxylamine groups is 2. The molecule has 1 aromatic rings. The van der Waals surface area contributed by atoms with Gasteiger partial charge in [-0.15, -0.1) is 5.06 Å². The SMILES string of the molecule is CC(C)(C)OC(=O)N1C(CON2C(=O)c3ccccc3C2=O)COC1(C)C. The topological polar surface area (TPSA) is 85.4 Å². The van der Waals surface area contributed by atoms with Crippen molar-refractivity contribution in [1.82, 2.24) is 9.96 Å². The highest BCUT2D eigenvalue weighted by atomic mass is 16.7. The highest BCUT2D eigenvalue weighted by molar-refractivity contribution is 6.20. The van der Waals surface area contributed by atoms with Crippen LogP contribution in [0.3, 0.4) is 0 Å². The normalized spacial score (nSPS) is 21.6. The number of imide groups is 1. The molecule has 1 aromatic carbocycles. The fourth-order valence-electron chi connectivity index (χ4n) is 3.13. The summed E-state index contributed by atoms with van der Waals surface area (Å²) in [7, 11) is 0. The molecule has 2 aliphatic rings. The van der Waals surface area contributed by atoms with Crippen molar-refractivity contribution >= 4 is 17.9 Å². The van der Waals surface area contributed by atoms with E-state index in [0.717, 1.165) is 5.06 Å². The number of fused-ring (bicyclic) bond motifs is 1. The fraction of sp³-hybridized carbons (Fsp3) is 0.526. The van der Waals surface area contributed by atoms with Crippen LogP contribution in [-0.4, -0.2) is 58.5 Å². The smallest absolute Gasteiger partial charge is 0.412 e. The highest BCUT2D eigenvalue weighted by Gasteiger charge is 2.47. The Bertz CT molecular complexity index is 748. The van der Waals surface area contributed by atoms with E-state index in [2.05, 4.69) is 0 Å². The van der Waals surface area contributed by atoms with Crippen molar-refractivity contribution in [2.45, 2.75) is 52.0 Å². The Labute approximate surface area is 157 Å². The lowest BCUT2D eigenvalue weighted by Crippen LogP contribution is -2.51. The molecule has 3 amide bonds. The van der Waals surface area contributed by atoms with Gasteiger partial charge in [0.25, 0.3) is 11.8 Å². The van der Waals surface area contributed by atoms with Crippen molar-refractivity contribution in [3.05, 3.63) is 35.4 Å². The average molecular weight is 376 g/mol. The molecule has 0 radical (unpaired) electrons. The van der Waals surface area contributed by atoms with E-state index in [9.17, 15) is 14.4 Å². The van der Waals surface area contributed by atoms with Gasteiger partial charge in [0.15, 0.2) is 0 Å². The molecular formula is C19H24N2O6. The first-order chi connectivity index (χ1) is 12.5. The Balaban J connectivity index is 1.71. The molecule has 0 N–H and O–H groups in total. The van der Waals surface area contributed by atoms with E-state index < -0.39 is 35.3 Å². The zero-order valence-electron chi connectivity index (χ0n) is 16.1. The summed E-state index contributed by atoms with van der Waals surface area (Å²) in [6.45, 7) is 8.96. The van der Waals surface area contributed by atoms with Gasteiger partial charge in [-0.3, -0.25) is 19.3 Å². The quantitative estimate of drug-likeness (QED) is 0.754. The number of hydrogen-bond acceptors (Lipinski definition) is 6. The maximum Gasteiger partial charge on any atom is 0.412 e. The third kappa shape index (κ3) is 3.68. The van der Waals surface area contributed by atoms with Gasteiger partial charge < -0.3 is 9.47 Å². The second-order valence-corrected chi connectivity index (χ2v) is 8.01. The molecule has 8 nitrogen and oxygen atoms in total. The molecule has 1 saturated heterocycles. The predicted octanol–water partition coefficient (Wildman–Crippen LogP) is 2.59. The molecule has 0 saturated carbocycles. The van der Waals surface area contributed by atoms with E-state index in [0.29, 0.717) is 11.1 Å². The predicted molar refractivity (Wildman–Crippen MR) is 94.8 cm³/mol. The highest BCUT2D eigenvalue weighted by Crippen LogP contribution is 2.30. The van der Waals surface area contributed by atoms with Gasteiger partial charge in [0, 0.05) is 0 Å². The Kier molecular flexibility index (Phi) is 4.73. The number of carbonyl (C=O) groups excluding carboxylic acids is 3. The first kappa shape index (κ1) is 19.3. The summed E-state index contributed by atoms with van der Waals surface area (Å²) >= 11 is 0.